The molecule has 15 heavy (non-hydrogen) atoms. The molecule has 0 aliphatic heterocycles. The topological polar surface area (TPSA) is 4.10 Å². The summed E-state index contributed by atoms with van der Waals surface area (Å²) in [4.78, 5) is 0. The van der Waals surface area contributed by atoms with Crippen molar-refractivity contribution in [1.29, 1.82) is 0 Å². The van der Waals surface area contributed by atoms with E-state index in [1.54, 1.807) is 0 Å². The predicted molar refractivity (Wildman–Crippen MR) is 64.8 cm³/mol. The Morgan fingerprint density at radius 1 is 0.933 bits per heavy atom. The summed E-state index contributed by atoms with van der Waals surface area (Å²) < 4.78 is 3.26. The van der Waals surface area contributed by atoms with E-state index < -0.39 is 0 Å². The average Bonchev–Trinajstić information content (AvgIpc) is 2.28. The Morgan fingerprint density at radius 2 is 1.87 bits per heavy atom. The zero-order valence-electron chi connectivity index (χ0n) is 8.02. The molecule has 0 radical (unpaired) electrons. The van der Waals surface area contributed by atoms with Crippen LogP contribution in [-0.4, -0.2) is 0 Å². The highest BCUT2D eigenvalue weighted by atomic mass is 79.9. The van der Waals surface area contributed by atoms with Crippen LogP contribution in [0.2, 0.25) is 0 Å². The van der Waals surface area contributed by atoms with Crippen LogP contribution in [-0.2, 0) is 0 Å². The largest absolute Gasteiger partial charge is 0.218 e. The Hall–Kier alpha value is -1.41. The van der Waals surface area contributed by atoms with Gasteiger partial charge in [0.1, 0.15) is 0 Å². The molecule has 2 aromatic heterocycles. The average molecular weight is 259 g/mol. The van der Waals surface area contributed by atoms with Crippen LogP contribution in [0.15, 0.2) is 59.3 Å². The summed E-state index contributed by atoms with van der Waals surface area (Å²) in [6.45, 7) is 0. The third-order valence-electron chi connectivity index (χ3n) is 2.59. The van der Waals surface area contributed by atoms with E-state index in [2.05, 4.69) is 69.1 Å². The van der Waals surface area contributed by atoms with E-state index in [9.17, 15) is 0 Å². The SMILES string of the molecule is Brc1ccc2c(cc[n+]3ccccc23)c1. The van der Waals surface area contributed by atoms with Crippen molar-refractivity contribution < 1.29 is 4.40 Å². The fourth-order valence-corrected chi connectivity index (χ4v) is 2.26. The van der Waals surface area contributed by atoms with Crippen molar-refractivity contribution in [2.24, 2.45) is 0 Å². The summed E-state index contributed by atoms with van der Waals surface area (Å²) >= 11 is 3.49. The molecule has 1 nitrogen and oxygen atoms in total. The lowest BCUT2D eigenvalue weighted by atomic mass is 10.1. The number of halogens is 1. The zero-order valence-corrected chi connectivity index (χ0v) is 9.61. The van der Waals surface area contributed by atoms with Crippen molar-refractivity contribution in [1.82, 2.24) is 0 Å². The van der Waals surface area contributed by atoms with Gasteiger partial charge in [-0.15, -0.1) is 0 Å². The molecule has 2 heteroatoms. The van der Waals surface area contributed by atoms with E-state index >= 15 is 0 Å². The van der Waals surface area contributed by atoms with Gasteiger partial charge < -0.3 is 0 Å². The molecule has 1 aromatic carbocycles. The second kappa shape index (κ2) is 3.31. The normalized spacial score (nSPS) is 11.0. The third-order valence-corrected chi connectivity index (χ3v) is 3.09. The quantitative estimate of drug-likeness (QED) is 0.430. The Bertz CT molecular complexity index is 646. The Balaban J connectivity index is 2.55. The van der Waals surface area contributed by atoms with Gasteiger partial charge in [0.25, 0.3) is 0 Å². The minimum atomic E-state index is 1.12. The molecular formula is C13H9BrN+. The number of nitrogens with zero attached hydrogens (tertiary/aromatic N) is 1. The van der Waals surface area contributed by atoms with Crippen molar-refractivity contribution in [2.75, 3.05) is 0 Å². The number of pyridine rings is 2. The summed E-state index contributed by atoms with van der Waals surface area (Å²) in [5, 5.41) is 2.54. The van der Waals surface area contributed by atoms with E-state index in [4.69, 9.17) is 0 Å². The smallest absolute Gasteiger partial charge is 0.167 e. The number of aromatic nitrogens is 1. The number of hydrogen-bond acceptors (Lipinski definition) is 0. The molecule has 0 atom stereocenters. The molecule has 3 aromatic rings. The summed E-state index contributed by atoms with van der Waals surface area (Å²) in [7, 11) is 0. The molecule has 0 amide bonds. The maximum atomic E-state index is 3.49. The number of rotatable bonds is 0. The fraction of sp³-hybridized carbons (Fsp3) is 0. The first kappa shape index (κ1) is 8.86. The monoisotopic (exact) mass is 258 g/mol. The molecule has 0 saturated carbocycles. The lowest BCUT2D eigenvalue weighted by molar-refractivity contribution is -0.510. The molecule has 0 saturated heterocycles. The van der Waals surface area contributed by atoms with Gasteiger partial charge in [-0.2, -0.15) is 4.40 Å². The highest BCUT2D eigenvalue weighted by molar-refractivity contribution is 9.10. The van der Waals surface area contributed by atoms with Gasteiger partial charge in [0, 0.05) is 22.7 Å². The van der Waals surface area contributed by atoms with Crippen LogP contribution in [0, 0.1) is 0 Å². The maximum Gasteiger partial charge on any atom is 0.218 e. The molecule has 0 spiro atoms. The summed E-state index contributed by atoms with van der Waals surface area (Å²) in [6, 6.07) is 14.7. The Labute approximate surface area is 96.1 Å². The van der Waals surface area contributed by atoms with Crippen LogP contribution in [0.5, 0.6) is 0 Å². The van der Waals surface area contributed by atoms with Crippen molar-refractivity contribution in [3.05, 3.63) is 59.3 Å². The lowest BCUT2D eigenvalue weighted by Gasteiger charge is -1.98. The molecule has 2 heterocycles. The van der Waals surface area contributed by atoms with Gasteiger partial charge >= 0.3 is 0 Å². The standard InChI is InChI=1S/C13H9BrN/c14-11-4-5-12-10(9-11)6-8-15-7-2-1-3-13(12)15/h1-9H/q+1. The summed E-state index contributed by atoms with van der Waals surface area (Å²) in [6.07, 6.45) is 4.15. The van der Waals surface area contributed by atoms with E-state index in [0.717, 1.165) is 4.47 Å². The van der Waals surface area contributed by atoms with Gasteiger partial charge in [-0.3, -0.25) is 0 Å². The Morgan fingerprint density at radius 3 is 2.80 bits per heavy atom. The first-order valence-corrected chi connectivity index (χ1v) is 5.62. The predicted octanol–water partition coefficient (Wildman–Crippen LogP) is 3.34. The Kier molecular flexibility index (Phi) is 1.96. The van der Waals surface area contributed by atoms with Crippen molar-refractivity contribution in [3.63, 3.8) is 0 Å². The molecule has 0 unspecified atom stereocenters. The van der Waals surface area contributed by atoms with Crippen molar-refractivity contribution in [2.45, 2.75) is 0 Å². The van der Waals surface area contributed by atoms with Crippen molar-refractivity contribution in [3.8, 4) is 0 Å². The van der Waals surface area contributed by atoms with Crippen LogP contribution >= 0.6 is 15.9 Å². The van der Waals surface area contributed by atoms with E-state index in [-0.39, 0.29) is 0 Å². The van der Waals surface area contributed by atoms with Gasteiger partial charge in [0.15, 0.2) is 12.4 Å². The summed E-state index contributed by atoms with van der Waals surface area (Å²) in [5.74, 6) is 0. The van der Waals surface area contributed by atoms with Gasteiger partial charge in [-0.25, -0.2) is 0 Å². The molecule has 0 bridgehead atoms. The van der Waals surface area contributed by atoms with E-state index in [1.165, 1.54) is 16.3 Å². The second-order valence-electron chi connectivity index (χ2n) is 3.54. The van der Waals surface area contributed by atoms with Crippen LogP contribution in [0.3, 0.4) is 0 Å². The molecule has 0 aliphatic carbocycles. The molecule has 0 fully saturated rings. The van der Waals surface area contributed by atoms with Crippen LogP contribution in [0.25, 0.3) is 16.3 Å². The van der Waals surface area contributed by atoms with Crippen LogP contribution in [0.4, 0.5) is 0 Å². The molecule has 0 aliphatic rings. The number of fused-ring (bicyclic) bond motifs is 3. The molecule has 0 N–H and O–H groups in total. The maximum absolute atomic E-state index is 3.49. The lowest BCUT2D eigenvalue weighted by Crippen LogP contribution is -2.19. The van der Waals surface area contributed by atoms with Gasteiger partial charge in [-0.1, -0.05) is 15.9 Å². The molecular weight excluding hydrogens is 250 g/mol. The van der Waals surface area contributed by atoms with Crippen LogP contribution in [0.1, 0.15) is 0 Å². The summed E-state index contributed by atoms with van der Waals surface area (Å²) in [5.41, 5.74) is 1.24. The third kappa shape index (κ3) is 1.41. The second-order valence-corrected chi connectivity index (χ2v) is 4.46. The minimum Gasteiger partial charge on any atom is -0.167 e. The van der Waals surface area contributed by atoms with Gasteiger partial charge in [0.2, 0.25) is 5.52 Å². The van der Waals surface area contributed by atoms with E-state index in [0.29, 0.717) is 0 Å². The highest BCUT2D eigenvalue weighted by Gasteiger charge is 2.05. The zero-order chi connectivity index (χ0) is 10.3. The van der Waals surface area contributed by atoms with Gasteiger partial charge in [0.05, 0.1) is 5.39 Å². The van der Waals surface area contributed by atoms with Crippen molar-refractivity contribution >= 4 is 32.2 Å². The number of benzene rings is 1. The van der Waals surface area contributed by atoms with Crippen LogP contribution < -0.4 is 4.40 Å². The first-order valence-electron chi connectivity index (χ1n) is 4.83. The van der Waals surface area contributed by atoms with E-state index in [1.807, 2.05) is 6.07 Å². The highest BCUT2D eigenvalue weighted by Crippen LogP contribution is 2.21. The minimum absolute atomic E-state index is 1.12. The number of hydrogen-bond donors (Lipinski definition) is 0. The molecule has 3 rings (SSSR count). The first-order chi connectivity index (χ1) is 7.34. The van der Waals surface area contributed by atoms with Gasteiger partial charge in [-0.05, 0) is 29.7 Å². The fourth-order valence-electron chi connectivity index (χ4n) is 1.88. The molecule has 72 valence electrons.